The van der Waals surface area contributed by atoms with E-state index < -0.39 is 0 Å². The normalized spacial score (nSPS) is 12.8. The Morgan fingerprint density at radius 3 is 2.96 bits per heavy atom. The van der Waals surface area contributed by atoms with E-state index in [-0.39, 0.29) is 23.6 Å². The second-order valence-electron chi connectivity index (χ2n) is 4.74. The quantitative estimate of drug-likeness (QED) is 0.512. The van der Waals surface area contributed by atoms with Gasteiger partial charge in [0, 0.05) is 17.3 Å². The molecule has 0 spiro atoms. The summed E-state index contributed by atoms with van der Waals surface area (Å²) in [5.74, 6) is -0.133. The number of hydrogen-bond donors (Lipinski definition) is 2. The van der Waals surface area contributed by atoms with Crippen molar-refractivity contribution in [2.75, 3.05) is 5.32 Å². The van der Waals surface area contributed by atoms with E-state index in [0.717, 1.165) is 5.56 Å². The first-order chi connectivity index (χ1) is 11.1. The number of furan rings is 1. The molecule has 2 aromatic rings. The largest absolute Gasteiger partial charge is 0.465 e. The second-order valence-corrected chi connectivity index (χ2v) is 5.15. The molecule has 0 fully saturated rings. The van der Waals surface area contributed by atoms with Gasteiger partial charge >= 0.3 is 5.97 Å². The van der Waals surface area contributed by atoms with Gasteiger partial charge in [-0.3, -0.25) is 10.1 Å². The third-order valence-corrected chi connectivity index (χ3v) is 3.32. The Kier molecular flexibility index (Phi) is 4.20. The number of carbonyl (C=O) groups excluding carboxylic acids is 2. The van der Waals surface area contributed by atoms with Crippen molar-refractivity contribution in [2.24, 2.45) is 0 Å². The number of rotatable bonds is 3. The molecule has 116 valence electrons. The predicted molar refractivity (Wildman–Crippen MR) is 87.7 cm³/mol. The van der Waals surface area contributed by atoms with E-state index in [1.165, 1.54) is 18.4 Å². The second kappa shape index (κ2) is 6.45. The molecule has 6 nitrogen and oxygen atoms in total. The van der Waals surface area contributed by atoms with Gasteiger partial charge in [-0.05, 0) is 48.6 Å². The van der Waals surface area contributed by atoms with E-state index in [1.807, 2.05) is 0 Å². The number of carbonyl (C=O) groups is 2. The summed E-state index contributed by atoms with van der Waals surface area (Å²) in [6, 6.07) is 8.58. The molecule has 0 saturated carbocycles. The lowest BCUT2D eigenvalue weighted by Gasteiger charge is -2.08. The number of benzene rings is 1. The van der Waals surface area contributed by atoms with Gasteiger partial charge in [0.1, 0.15) is 12.4 Å². The van der Waals surface area contributed by atoms with Gasteiger partial charge in [-0.2, -0.15) is 0 Å². The molecule has 0 radical (unpaired) electrons. The highest BCUT2D eigenvalue weighted by molar-refractivity contribution is 7.80. The standard InChI is InChI=1S/C16H12N2O4S/c19-14(6-4-12-2-1-7-21-12)18-16(23)17-11-3-5-13-10(8-11)9-22-15(13)20/h1-8H,9H2,(H2,17,18,19,23)/b6-4+. The van der Waals surface area contributed by atoms with Crippen molar-refractivity contribution in [3.05, 3.63) is 59.6 Å². The van der Waals surface area contributed by atoms with Gasteiger partial charge in [0.15, 0.2) is 5.11 Å². The van der Waals surface area contributed by atoms with E-state index >= 15 is 0 Å². The Balaban J connectivity index is 1.57. The highest BCUT2D eigenvalue weighted by Gasteiger charge is 2.20. The lowest BCUT2D eigenvalue weighted by atomic mass is 10.1. The van der Waals surface area contributed by atoms with Crippen LogP contribution >= 0.6 is 12.2 Å². The van der Waals surface area contributed by atoms with Crippen LogP contribution in [0.1, 0.15) is 21.7 Å². The van der Waals surface area contributed by atoms with E-state index in [2.05, 4.69) is 10.6 Å². The minimum Gasteiger partial charge on any atom is -0.465 e. The van der Waals surface area contributed by atoms with Gasteiger partial charge in [-0.1, -0.05) is 0 Å². The van der Waals surface area contributed by atoms with Crippen molar-refractivity contribution in [1.82, 2.24) is 5.32 Å². The Morgan fingerprint density at radius 2 is 2.17 bits per heavy atom. The van der Waals surface area contributed by atoms with Crippen LogP contribution in [0.3, 0.4) is 0 Å². The summed E-state index contributed by atoms with van der Waals surface area (Å²) in [6.07, 6.45) is 4.38. The van der Waals surface area contributed by atoms with Crippen LogP contribution in [0.5, 0.6) is 0 Å². The first-order valence-electron chi connectivity index (χ1n) is 6.75. The molecule has 0 bridgehead atoms. The summed E-state index contributed by atoms with van der Waals surface area (Å²) in [5, 5.41) is 5.56. The SMILES string of the molecule is O=C(/C=C/c1ccco1)NC(=S)Nc1ccc2c(c1)COC2=O. The number of thiocarbonyl (C=S) groups is 1. The molecule has 0 atom stereocenters. The van der Waals surface area contributed by atoms with Crippen molar-refractivity contribution in [3.63, 3.8) is 0 Å². The van der Waals surface area contributed by atoms with E-state index in [4.69, 9.17) is 21.4 Å². The molecule has 1 aromatic carbocycles. The number of fused-ring (bicyclic) bond motifs is 1. The molecular weight excluding hydrogens is 316 g/mol. The molecule has 23 heavy (non-hydrogen) atoms. The van der Waals surface area contributed by atoms with Crippen LogP contribution in [0.15, 0.2) is 47.1 Å². The van der Waals surface area contributed by atoms with E-state index in [0.29, 0.717) is 17.0 Å². The average molecular weight is 328 g/mol. The Morgan fingerprint density at radius 1 is 1.30 bits per heavy atom. The molecule has 1 aliphatic heterocycles. The monoisotopic (exact) mass is 328 g/mol. The fraction of sp³-hybridized carbons (Fsp3) is 0.0625. The third-order valence-electron chi connectivity index (χ3n) is 3.12. The molecule has 2 heterocycles. The number of ether oxygens (including phenoxy) is 1. The number of anilines is 1. The van der Waals surface area contributed by atoms with Crippen LogP contribution in [0.4, 0.5) is 5.69 Å². The van der Waals surface area contributed by atoms with Gasteiger partial charge in [0.05, 0.1) is 11.8 Å². The van der Waals surface area contributed by atoms with Gasteiger partial charge in [-0.15, -0.1) is 0 Å². The molecule has 1 aliphatic rings. The molecule has 2 N–H and O–H groups in total. The Bertz CT molecular complexity index is 796. The first kappa shape index (κ1) is 15.0. The topological polar surface area (TPSA) is 80.6 Å². The molecule has 1 amide bonds. The molecule has 0 saturated heterocycles. The fourth-order valence-electron chi connectivity index (χ4n) is 2.07. The third kappa shape index (κ3) is 3.64. The summed E-state index contributed by atoms with van der Waals surface area (Å²) in [7, 11) is 0. The summed E-state index contributed by atoms with van der Waals surface area (Å²) < 4.78 is 10.0. The highest BCUT2D eigenvalue weighted by Crippen LogP contribution is 2.23. The number of esters is 1. The molecule has 0 aliphatic carbocycles. The average Bonchev–Trinajstić information content (AvgIpc) is 3.15. The van der Waals surface area contributed by atoms with Crippen molar-refractivity contribution in [2.45, 2.75) is 6.61 Å². The highest BCUT2D eigenvalue weighted by atomic mass is 32.1. The van der Waals surface area contributed by atoms with Gasteiger partial charge in [0.2, 0.25) is 5.91 Å². The smallest absolute Gasteiger partial charge is 0.338 e. The van der Waals surface area contributed by atoms with Crippen LogP contribution in [-0.4, -0.2) is 17.0 Å². The Labute approximate surface area is 137 Å². The van der Waals surface area contributed by atoms with Crippen molar-refractivity contribution in [1.29, 1.82) is 0 Å². The van der Waals surface area contributed by atoms with Gasteiger partial charge < -0.3 is 14.5 Å². The van der Waals surface area contributed by atoms with Crippen LogP contribution in [0.25, 0.3) is 6.08 Å². The fourth-order valence-corrected chi connectivity index (χ4v) is 2.29. The lowest BCUT2D eigenvalue weighted by Crippen LogP contribution is -2.32. The van der Waals surface area contributed by atoms with Gasteiger partial charge in [0.25, 0.3) is 0 Å². The van der Waals surface area contributed by atoms with Gasteiger partial charge in [-0.25, -0.2) is 4.79 Å². The molecule has 1 aromatic heterocycles. The molecule has 7 heteroatoms. The maximum absolute atomic E-state index is 11.7. The number of amides is 1. The maximum Gasteiger partial charge on any atom is 0.338 e. The van der Waals surface area contributed by atoms with E-state index in [9.17, 15) is 9.59 Å². The lowest BCUT2D eigenvalue weighted by molar-refractivity contribution is -0.115. The van der Waals surface area contributed by atoms with Crippen LogP contribution in [0.2, 0.25) is 0 Å². The van der Waals surface area contributed by atoms with Crippen molar-refractivity contribution >= 4 is 41.0 Å². The molecule has 0 unspecified atom stereocenters. The molecule has 3 rings (SSSR count). The number of cyclic esters (lactones) is 1. The minimum absolute atomic E-state index is 0.157. The summed E-state index contributed by atoms with van der Waals surface area (Å²) in [6.45, 7) is 0.245. The first-order valence-corrected chi connectivity index (χ1v) is 7.16. The Hall–Kier alpha value is -2.93. The summed E-state index contributed by atoms with van der Waals surface area (Å²) in [5.41, 5.74) is 2.00. The van der Waals surface area contributed by atoms with Crippen molar-refractivity contribution < 1.29 is 18.7 Å². The zero-order valence-corrected chi connectivity index (χ0v) is 12.7. The number of hydrogen-bond acceptors (Lipinski definition) is 5. The van der Waals surface area contributed by atoms with Crippen LogP contribution < -0.4 is 10.6 Å². The van der Waals surface area contributed by atoms with Crippen LogP contribution in [0, 0.1) is 0 Å². The summed E-state index contributed by atoms with van der Waals surface area (Å²) >= 11 is 5.08. The van der Waals surface area contributed by atoms with Crippen molar-refractivity contribution in [3.8, 4) is 0 Å². The summed E-state index contributed by atoms with van der Waals surface area (Å²) in [4.78, 5) is 23.1. The number of nitrogens with one attached hydrogen (secondary N) is 2. The van der Waals surface area contributed by atoms with E-state index in [1.54, 1.807) is 30.3 Å². The predicted octanol–water partition coefficient (Wildman–Crippen LogP) is 2.48. The zero-order chi connectivity index (χ0) is 16.2. The maximum atomic E-state index is 11.7. The zero-order valence-electron chi connectivity index (χ0n) is 11.9. The molecular formula is C16H12N2O4S. The van der Waals surface area contributed by atoms with Crippen LogP contribution in [-0.2, 0) is 16.1 Å². The minimum atomic E-state index is -0.376.